The number of carbonyl (C=O) groups is 3. The topological polar surface area (TPSA) is 118 Å². The van der Waals surface area contributed by atoms with Gasteiger partial charge in [-0.05, 0) is 51.0 Å². The van der Waals surface area contributed by atoms with E-state index in [1.54, 1.807) is 25.1 Å². The van der Waals surface area contributed by atoms with Crippen molar-refractivity contribution in [3.05, 3.63) is 65.8 Å². The Hall–Kier alpha value is -3.53. The number of carbonyl (C=O) groups excluding carboxylic acids is 3. The van der Waals surface area contributed by atoms with E-state index in [-0.39, 0.29) is 35.3 Å². The molecule has 10 heteroatoms. The lowest BCUT2D eigenvalue weighted by molar-refractivity contribution is -0.127. The van der Waals surface area contributed by atoms with E-state index in [1.807, 2.05) is 31.2 Å². The molecule has 0 saturated heterocycles. The summed E-state index contributed by atoms with van der Waals surface area (Å²) < 4.78 is 10.6. The van der Waals surface area contributed by atoms with E-state index in [0.717, 1.165) is 43.0 Å². The first-order valence-electron chi connectivity index (χ1n) is 12.4. The molecule has 1 aliphatic rings. The van der Waals surface area contributed by atoms with Crippen LogP contribution >= 0.6 is 11.8 Å². The van der Waals surface area contributed by atoms with Crippen LogP contribution in [0.2, 0.25) is 0 Å². The molecule has 3 aromatic rings. The van der Waals surface area contributed by atoms with Crippen LogP contribution in [0.5, 0.6) is 0 Å². The van der Waals surface area contributed by atoms with Crippen LogP contribution in [-0.2, 0) is 14.4 Å². The summed E-state index contributed by atoms with van der Waals surface area (Å²) in [5.41, 5.74) is 1.62. The summed E-state index contributed by atoms with van der Waals surface area (Å²) >= 11 is 1.16. The van der Waals surface area contributed by atoms with Gasteiger partial charge in [-0.15, -0.1) is 11.8 Å². The monoisotopic (exact) mass is 524 g/mol. The van der Waals surface area contributed by atoms with E-state index >= 15 is 0 Å². The van der Waals surface area contributed by atoms with Crippen molar-refractivity contribution in [1.82, 2.24) is 10.5 Å². The second kappa shape index (κ2) is 12.6. The SMILES string of the molecule is Cc1ccc(N(C(=O)CSCC(=O)Nc2cc(C)on2)[C@@H](C(=O)NC2CCCCC2)c2ccco2)cc1. The van der Waals surface area contributed by atoms with Crippen molar-refractivity contribution in [3.8, 4) is 0 Å². The fourth-order valence-electron chi connectivity index (χ4n) is 4.39. The Morgan fingerprint density at radius 3 is 2.49 bits per heavy atom. The summed E-state index contributed by atoms with van der Waals surface area (Å²) in [5, 5.41) is 9.54. The third-order valence-electron chi connectivity index (χ3n) is 6.21. The normalized spacial score (nSPS) is 14.6. The maximum absolute atomic E-state index is 13.6. The zero-order chi connectivity index (χ0) is 26.2. The molecule has 4 rings (SSSR count). The number of thioether (sulfide) groups is 1. The molecule has 2 aromatic heterocycles. The predicted molar refractivity (Wildman–Crippen MR) is 142 cm³/mol. The lowest BCUT2D eigenvalue weighted by atomic mass is 9.95. The van der Waals surface area contributed by atoms with Crippen LogP contribution in [0.15, 0.2) is 57.7 Å². The molecule has 2 N–H and O–H groups in total. The molecule has 1 fully saturated rings. The molecule has 196 valence electrons. The number of aromatic nitrogens is 1. The van der Waals surface area contributed by atoms with Gasteiger partial charge in [-0.3, -0.25) is 19.3 Å². The van der Waals surface area contributed by atoms with Gasteiger partial charge in [0.15, 0.2) is 11.9 Å². The van der Waals surface area contributed by atoms with Crippen LogP contribution < -0.4 is 15.5 Å². The van der Waals surface area contributed by atoms with Gasteiger partial charge in [0.2, 0.25) is 11.8 Å². The molecule has 0 aliphatic heterocycles. The standard InChI is InChI=1S/C27H32N4O5S/c1-18-10-12-21(13-11-18)31(25(33)17-37-16-24(32)29-23-15-19(2)36-30-23)26(22-9-6-14-35-22)27(34)28-20-7-4-3-5-8-20/h6,9-15,20,26H,3-5,7-8,16-17H2,1-2H3,(H,28,34)(H,29,30,32)/t26-/m1/s1. The minimum absolute atomic E-state index is 0.00689. The summed E-state index contributed by atoms with van der Waals surface area (Å²) in [6.45, 7) is 3.69. The van der Waals surface area contributed by atoms with E-state index in [2.05, 4.69) is 15.8 Å². The number of nitrogens with one attached hydrogen (secondary N) is 2. The lowest BCUT2D eigenvalue weighted by Crippen LogP contribution is -2.47. The Bertz CT molecular complexity index is 1190. The van der Waals surface area contributed by atoms with E-state index in [0.29, 0.717) is 23.0 Å². The van der Waals surface area contributed by atoms with Crippen molar-refractivity contribution >= 4 is 41.0 Å². The Balaban J connectivity index is 1.51. The molecule has 1 aromatic carbocycles. The Morgan fingerprint density at radius 1 is 1.08 bits per heavy atom. The van der Waals surface area contributed by atoms with E-state index in [9.17, 15) is 14.4 Å². The van der Waals surface area contributed by atoms with Gasteiger partial charge in [0.25, 0.3) is 5.91 Å². The summed E-state index contributed by atoms with van der Waals surface area (Å²) in [6.07, 6.45) is 6.66. The minimum atomic E-state index is -0.973. The summed E-state index contributed by atoms with van der Waals surface area (Å²) in [5.74, 6) is 0.443. The molecule has 3 amide bonds. The summed E-state index contributed by atoms with van der Waals surface area (Å²) in [6, 6.07) is 11.6. The number of amides is 3. The van der Waals surface area contributed by atoms with Crippen molar-refractivity contribution in [1.29, 1.82) is 0 Å². The molecule has 0 spiro atoms. The summed E-state index contributed by atoms with van der Waals surface area (Å²) in [7, 11) is 0. The zero-order valence-corrected chi connectivity index (χ0v) is 21.9. The highest BCUT2D eigenvalue weighted by molar-refractivity contribution is 8.00. The van der Waals surface area contributed by atoms with Crippen molar-refractivity contribution < 1.29 is 23.3 Å². The first kappa shape index (κ1) is 26.5. The van der Waals surface area contributed by atoms with Crippen LogP contribution in [0.1, 0.15) is 55.2 Å². The van der Waals surface area contributed by atoms with Gasteiger partial charge in [-0.25, -0.2) is 0 Å². The van der Waals surface area contributed by atoms with Gasteiger partial charge in [0.1, 0.15) is 11.5 Å². The quantitative estimate of drug-likeness (QED) is 0.392. The Morgan fingerprint density at radius 2 is 1.84 bits per heavy atom. The highest BCUT2D eigenvalue weighted by Crippen LogP contribution is 2.30. The predicted octanol–water partition coefficient (Wildman–Crippen LogP) is 4.78. The van der Waals surface area contributed by atoms with Gasteiger partial charge >= 0.3 is 0 Å². The average molecular weight is 525 g/mol. The van der Waals surface area contributed by atoms with E-state index < -0.39 is 6.04 Å². The third-order valence-corrected chi connectivity index (χ3v) is 7.12. The molecule has 0 bridgehead atoms. The number of hydrogen-bond donors (Lipinski definition) is 2. The first-order valence-corrected chi connectivity index (χ1v) is 13.6. The molecule has 0 radical (unpaired) electrons. The highest BCUT2D eigenvalue weighted by atomic mass is 32.2. The minimum Gasteiger partial charge on any atom is -0.467 e. The molecule has 1 saturated carbocycles. The first-order chi connectivity index (χ1) is 17.9. The zero-order valence-electron chi connectivity index (χ0n) is 21.1. The molecule has 1 aliphatic carbocycles. The smallest absolute Gasteiger partial charge is 0.251 e. The fourth-order valence-corrected chi connectivity index (χ4v) is 5.07. The number of hydrogen-bond acceptors (Lipinski definition) is 7. The number of rotatable bonds is 10. The van der Waals surface area contributed by atoms with Gasteiger partial charge in [-0.1, -0.05) is 42.1 Å². The second-order valence-corrected chi connectivity index (χ2v) is 10.2. The molecule has 37 heavy (non-hydrogen) atoms. The van der Waals surface area contributed by atoms with Crippen molar-refractivity contribution in [2.75, 3.05) is 21.7 Å². The van der Waals surface area contributed by atoms with E-state index in [4.69, 9.17) is 8.94 Å². The Labute approximate surface area is 220 Å². The van der Waals surface area contributed by atoms with Gasteiger partial charge in [0.05, 0.1) is 17.8 Å². The van der Waals surface area contributed by atoms with Crippen molar-refractivity contribution in [2.24, 2.45) is 0 Å². The van der Waals surface area contributed by atoms with Crippen LogP contribution in [0, 0.1) is 13.8 Å². The Kier molecular flexibility index (Phi) is 9.05. The average Bonchev–Trinajstić information content (AvgIpc) is 3.55. The largest absolute Gasteiger partial charge is 0.467 e. The second-order valence-electron chi connectivity index (χ2n) is 9.22. The molecular formula is C27H32N4O5S. The molecular weight excluding hydrogens is 492 g/mol. The molecule has 1 atom stereocenters. The summed E-state index contributed by atoms with van der Waals surface area (Å²) in [4.78, 5) is 41.0. The van der Waals surface area contributed by atoms with Crippen LogP contribution in [0.4, 0.5) is 11.5 Å². The van der Waals surface area contributed by atoms with Crippen LogP contribution in [-0.4, -0.2) is 40.4 Å². The third kappa shape index (κ3) is 7.25. The number of nitrogens with zero attached hydrogens (tertiary/aromatic N) is 2. The molecule has 2 heterocycles. The molecule has 0 unspecified atom stereocenters. The highest BCUT2D eigenvalue weighted by Gasteiger charge is 2.35. The van der Waals surface area contributed by atoms with Gasteiger partial charge < -0.3 is 19.6 Å². The van der Waals surface area contributed by atoms with Gasteiger partial charge in [-0.2, -0.15) is 0 Å². The molecule has 9 nitrogen and oxygen atoms in total. The maximum atomic E-state index is 13.6. The number of anilines is 2. The van der Waals surface area contributed by atoms with E-state index in [1.165, 1.54) is 17.6 Å². The lowest BCUT2D eigenvalue weighted by Gasteiger charge is -2.32. The van der Waals surface area contributed by atoms with Crippen molar-refractivity contribution in [3.63, 3.8) is 0 Å². The van der Waals surface area contributed by atoms with Crippen LogP contribution in [0.25, 0.3) is 0 Å². The van der Waals surface area contributed by atoms with Gasteiger partial charge in [0, 0.05) is 17.8 Å². The van der Waals surface area contributed by atoms with Crippen LogP contribution in [0.3, 0.4) is 0 Å². The fraction of sp³-hybridized carbons (Fsp3) is 0.407. The van der Waals surface area contributed by atoms with Crippen molar-refractivity contribution in [2.45, 2.75) is 58.0 Å². The number of benzene rings is 1. The number of aryl methyl sites for hydroxylation is 2. The number of furan rings is 1. The maximum Gasteiger partial charge on any atom is 0.251 e.